The van der Waals surface area contributed by atoms with Crippen molar-refractivity contribution in [1.29, 1.82) is 0 Å². The normalized spacial score (nSPS) is 20.2. The van der Waals surface area contributed by atoms with Gasteiger partial charge in [-0.2, -0.15) is 0 Å². The molecule has 6 heteroatoms. The van der Waals surface area contributed by atoms with E-state index in [1.165, 1.54) is 12.0 Å². The van der Waals surface area contributed by atoms with E-state index < -0.39 is 12.1 Å². The zero-order valence-corrected chi connectivity index (χ0v) is 14.8. The van der Waals surface area contributed by atoms with Gasteiger partial charge in [0.15, 0.2) is 0 Å². The number of nitrogens with zero attached hydrogens (tertiary/aromatic N) is 1. The van der Waals surface area contributed by atoms with Gasteiger partial charge in [0.1, 0.15) is 0 Å². The second-order valence-electron chi connectivity index (χ2n) is 5.62. The molecule has 0 aliphatic carbocycles. The van der Waals surface area contributed by atoms with Crippen LogP contribution < -0.4 is 5.32 Å². The second-order valence-corrected chi connectivity index (χ2v) is 5.62. The zero-order chi connectivity index (χ0) is 18.4. The molecule has 1 aliphatic rings. The fourth-order valence-corrected chi connectivity index (χ4v) is 2.95. The molecule has 0 spiro atoms. The lowest BCUT2D eigenvalue weighted by Gasteiger charge is -2.40. The van der Waals surface area contributed by atoms with Gasteiger partial charge < -0.3 is 9.47 Å². The van der Waals surface area contributed by atoms with Crippen molar-refractivity contribution in [3.63, 3.8) is 0 Å². The average molecular weight is 344 g/mol. The highest BCUT2D eigenvalue weighted by Gasteiger charge is 2.39. The summed E-state index contributed by atoms with van der Waals surface area (Å²) in [6, 6.07) is 9.01. The summed E-state index contributed by atoms with van der Waals surface area (Å²) in [4.78, 5) is 26.6. The van der Waals surface area contributed by atoms with Crippen molar-refractivity contribution in [2.45, 2.75) is 32.5 Å². The summed E-state index contributed by atoms with van der Waals surface area (Å²) in [5.74, 6) is -0.481. The summed E-state index contributed by atoms with van der Waals surface area (Å²) in [6.45, 7) is 7.61. The third-order valence-corrected chi connectivity index (χ3v) is 3.99. The Hall–Kier alpha value is -2.60. The molecular weight excluding hydrogens is 320 g/mol. The second kappa shape index (κ2) is 8.48. The van der Waals surface area contributed by atoms with Crippen molar-refractivity contribution in [1.82, 2.24) is 10.2 Å². The molecule has 25 heavy (non-hydrogen) atoms. The number of esters is 1. The first kappa shape index (κ1) is 18.7. The predicted octanol–water partition coefficient (Wildman–Crippen LogP) is 2.92. The maximum atomic E-state index is 12.7. The Labute approximate surface area is 148 Å². The molecule has 134 valence electrons. The number of carbonyl (C=O) groups is 2. The Kier molecular flexibility index (Phi) is 6.36. The number of hydrogen-bond donors (Lipinski definition) is 1. The zero-order valence-electron chi connectivity index (χ0n) is 14.8. The summed E-state index contributed by atoms with van der Waals surface area (Å²) in [5.41, 5.74) is 1.64. The minimum atomic E-state index is -0.519. The number of benzene rings is 1. The summed E-state index contributed by atoms with van der Waals surface area (Å²) in [5, 5.41) is 3.27. The predicted molar refractivity (Wildman–Crippen MR) is 95.4 cm³/mol. The van der Waals surface area contributed by atoms with E-state index in [1.807, 2.05) is 37.3 Å². The van der Waals surface area contributed by atoms with E-state index in [4.69, 9.17) is 9.47 Å². The number of amides is 1. The van der Waals surface area contributed by atoms with Crippen LogP contribution in [0.2, 0.25) is 0 Å². The molecule has 1 N–H and O–H groups in total. The quantitative estimate of drug-likeness (QED) is 0.657. The first-order valence-corrected chi connectivity index (χ1v) is 8.25. The van der Waals surface area contributed by atoms with Crippen molar-refractivity contribution >= 4 is 17.8 Å². The standard InChI is InChI=1S/C19H24N2O4/c1-5-10-15-20-13(3)16(18(22)24-4)17(14-11-8-7-9-12-14)21(15)19(23)25-6-2/h5,7-9,11-13,15,20H,1,6,10H2,2-4H3. The van der Waals surface area contributed by atoms with E-state index in [9.17, 15) is 9.59 Å². The monoisotopic (exact) mass is 344 g/mol. The van der Waals surface area contributed by atoms with E-state index in [1.54, 1.807) is 13.0 Å². The third-order valence-electron chi connectivity index (χ3n) is 3.99. The lowest BCUT2D eigenvalue weighted by molar-refractivity contribution is -0.136. The summed E-state index contributed by atoms with van der Waals surface area (Å²) in [6.07, 6.45) is 1.35. The molecule has 0 saturated carbocycles. The third kappa shape index (κ3) is 3.91. The van der Waals surface area contributed by atoms with Crippen molar-refractivity contribution in [3.8, 4) is 0 Å². The van der Waals surface area contributed by atoms with Gasteiger partial charge in [-0.15, -0.1) is 6.58 Å². The van der Waals surface area contributed by atoms with Gasteiger partial charge in [0, 0.05) is 6.04 Å². The molecule has 0 bridgehead atoms. The van der Waals surface area contributed by atoms with Crippen LogP contribution in [-0.2, 0) is 14.3 Å². The van der Waals surface area contributed by atoms with Crippen molar-refractivity contribution in [2.24, 2.45) is 0 Å². The largest absolute Gasteiger partial charge is 0.466 e. The van der Waals surface area contributed by atoms with Crippen LogP contribution in [0.1, 0.15) is 25.8 Å². The van der Waals surface area contributed by atoms with Crippen LogP contribution in [0.4, 0.5) is 4.79 Å². The van der Waals surface area contributed by atoms with E-state index in [0.29, 0.717) is 17.7 Å². The number of methoxy groups -OCH3 is 1. The van der Waals surface area contributed by atoms with Crippen LogP contribution in [0, 0.1) is 0 Å². The van der Waals surface area contributed by atoms with E-state index in [-0.39, 0.29) is 18.8 Å². The van der Waals surface area contributed by atoms with Gasteiger partial charge in [0.05, 0.1) is 31.2 Å². The molecule has 0 radical (unpaired) electrons. The SMILES string of the molecule is C=CCC1NC(C)C(C(=O)OC)=C(c2ccccc2)N1C(=O)OCC. The molecular formula is C19H24N2O4. The molecule has 1 aromatic carbocycles. The molecule has 0 aromatic heterocycles. The number of ether oxygens (including phenoxy) is 2. The van der Waals surface area contributed by atoms with E-state index >= 15 is 0 Å². The Morgan fingerprint density at radius 1 is 1.32 bits per heavy atom. The van der Waals surface area contributed by atoms with Crippen molar-refractivity contribution in [2.75, 3.05) is 13.7 Å². The highest BCUT2D eigenvalue weighted by atomic mass is 16.6. The first-order valence-electron chi connectivity index (χ1n) is 8.25. The van der Waals surface area contributed by atoms with Crippen LogP contribution in [0.5, 0.6) is 0 Å². The molecule has 1 amide bonds. The number of hydrogen-bond acceptors (Lipinski definition) is 5. The van der Waals surface area contributed by atoms with Gasteiger partial charge >= 0.3 is 12.1 Å². The topological polar surface area (TPSA) is 67.9 Å². The molecule has 2 rings (SSSR count). The smallest absolute Gasteiger partial charge is 0.415 e. The number of rotatable bonds is 5. The summed E-state index contributed by atoms with van der Waals surface area (Å²) in [7, 11) is 1.33. The maximum absolute atomic E-state index is 12.7. The van der Waals surface area contributed by atoms with Gasteiger partial charge in [0.25, 0.3) is 0 Å². The molecule has 0 saturated heterocycles. The molecule has 1 aromatic rings. The number of nitrogens with one attached hydrogen (secondary N) is 1. The van der Waals surface area contributed by atoms with Crippen molar-refractivity contribution < 1.29 is 19.1 Å². The van der Waals surface area contributed by atoms with Crippen LogP contribution in [-0.4, -0.2) is 42.9 Å². The lowest BCUT2D eigenvalue weighted by atomic mass is 9.95. The van der Waals surface area contributed by atoms with Crippen LogP contribution >= 0.6 is 0 Å². The Morgan fingerprint density at radius 3 is 2.56 bits per heavy atom. The van der Waals surface area contributed by atoms with Crippen LogP contribution in [0.25, 0.3) is 5.70 Å². The summed E-state index contributed by atoms with van der Waals surface area (Å²) < 4.78 is 10.2. The van der Waals surface area contributed by atoms with Crippen molar-refractivity contribution in [3.05, 3.63) is 54.1 Å². The highest BCUT2D eigenvalue weighted by molar-refractivity contribution is 6.01. The average Bonchev–Trinajstić information content (AvgIpc) is 2.61. The number of carbonyl (C=O) groups excluding carboxylic acids is 2. The molecule has 2 unspecified atom stereocenters. The van der Waals surface area contributed by atoms with Gasteiger partial charge in [-0.1, -0.05) is 36.4 Å². The van der Waals surface area contributed by atoms with Gasteiger partial charge in [-0.3, -0.25) is 10.2 Å². The maximum Gasteiger partial charge on any atom is 0.415 e. The van der Waals surface area contributed by atoms with E-state index in [2.05, 4.69) is 11.9 Å². The van der Waals surface area contributed by atoms with Gasteiger partial charge in [-0.25, -0.2) is 9.59 Å². The molecule has 6 nitrogen and oxygen atoms in total. The Balaban J connectivity index is 2.68. The molecule has 2 atom stereocenters. The Bertz CT molecular complexity index is 669. The van der Waals surface area contributed by atoms with Gasteiger partial charge in [0.2, 0.25) is 0 Å². The van der Waals surface area contributed by atoms with Gasteiger partial charge in [-0.05, 0) is 25.8 Å². The van der Waals surface area contributed by atoms with Crippen LogP contribution in [0.15, 0.2) is 48.6 Å². The Morgan fingerprint density at radius 2 is 2.00 bits per heavy atom. The minimum Gasteiger partial charge on any atom is -0.466 e. The summed E-state index contributed by atoms with van der Waals surface area (Å²) >= 11 is 0. The molecule has 1 heterocycles. The fourth-order valence-electron chi connectivity index (χ4n) is 2.95. The lowest BCUT2D eigenvalue weighted by Crippen LogP contribution is -2.56. The molecule has 0 fully saturated rings. The van der Waals surface area contributed by atoms with Crippen LogP contribution in [0.3, 0.4) is 0 Å². The molecule has 1 aliphatic heterocycles. The highest BCUT2D eigenvalue weighted by Crippen LogP contribution is 2.33. The van der Waals surface area contributed by atoms with E-state index in [0.717, 1.165) is 5.56 Å². The fraction of sp³-hybridized carbons (Fsp3) is 0.368. The minimum absolute atomic E-state index is 0.237. The first-order chi connectivity index (χ1) is 12.0.